The summed E-state index contributed by atoms with van der Waals surface area (Å²) in [6.07, 6.45) is 49.5. The number of phosphoric acid groups is 1. The highest BCUT2D eigenvalue weighted by Gasteiger charge is 2.24. The lowest BCUT2D eigenvalue weighted by molar-refractivity contribution is -0.160. The monoisotopic (exact) mass is 746 g/mol. The molecule has 0 bridgehead atoms. The van der Waals surface area contributed by atoms with Gasteiger partial charge in [-0.15, -0.1) is 0 Å². The van der Waals surface area contributed by atoms with Crippen molar-refractivity contribution in [3.8, 4) is 0 Å². The topological polar surface area (TPSA) is 108 Å². The second kappa shape index (κ2) is 38.0. The zero-order chi connectivity index (χ0) is 38.2. The summed E-state index contributed by atoms with van der Waals surface area (Å²) in [7, 11) is -3.25. The average Bonchev–Trinajstić information content (AvgIpc) is 3.13. The van der Waals surface area contributed by atoms with Crippen LogP contribution in [0.15, 0.2) is 85.1 Å². The van der Waals surface area contributed by atoms with Crippen LogP contribution in [0.4, 0.5) is 0 Å². The molecule has 0 aliphatic carbocycles. The molecule has 9 heteroatoms. The van der Waals surface area contributed by atoms with E-state index < -0.39 is 32.5 Å². The Labute approximate surface area is 316 Å². The predicted molar refractivity (Wildman–Crippen MR) is 216 cm³/mol. The second-order valence-corrected chi connectivity index (χ2v) is 14.3. The second-order valence-electron chi connectivity index (χ2n) is 12.7. The van der Waals surface area contributed by atoms with Gasteiger partial charge in [-0.3, -0.25) is 18.6 Å². The van der Waals surface area contributed by atoms with Crippen molar-refractivity contribution in [2.75, 3.05) is 20.3 Å². The van der Waals surface area contributed by atoms with Crippen molar-refractivity contribution in [2.24, 2.45) is 0 Å². The number of phosphoric ester groups is 1. The molecule has 0 aliphatic rings. The Hall–Kier alpha value is -2.77. The van der Waals surface area contributed by atoms with Gasteiger partial charge in [-0.05, 0) is 70.6 Å². The van der Waals surface area contributed by atoms with Gasteiger partial charge in [-0.25, -0.2) is 4.57 Å². The molecular formula is C43H71O8P. The zero-order valence-corrected chi connectivity index (χ0v) is 33.6. The molecule has 0 aliphatic heterocycles. The van der Waals surface area contributed by atoms with E-state index in [-0.39, 0.29) is 19.4 Å². The van der Waals surface area contributed by atoms with E-state index in [1.54, 1.807) is 6.08 Å². The van der Waals surface area contributed by atoms with E-state index in [4.69, 9.17) is 14.0 Å². The van der Waals surface area contributed by atoms with Gasteiger partial charge in [0.2, 0.25) is 0 Å². The largest absolute Gasteiger partial charge is 0.472 e. The minimum absolute atomic E-state index is 0.00659. The van der Waals surface area contributed by atoms with E-state index in [1.807, 2.05) is 12.2 Å². The van der Waals surface area contributed by atoms with Crippen LogP contribution in [0.1, 0.15) is 149 Å². The van der Waals surface area contributed by atoms with Crippen molar-refractivity contribution in [1.82, 2.24) is 0 Å². The molecule has 0 amide bonds. The van der Waals surface area contributed by atoms with Gasteiger partial charge in [0.25, 0.3) is 0 Å². The first-order chi connectivity index (χ1) is 25.3. The molecule has 8 nitrogen and oxygen atoms in total. The van der Waals surface area contributed by atoms with Crippen LogP contribution in [-0.2, 0) is 32.7 Å². The highest BCUT2D eigenvalue weighted by molar-refractivity contribution is 7.47. The van der Waals surface area contributed by atoms with Crippen molar-refractivity contribution < 1.29 is 37.6 Å². The average molecular weight is 747 g/mol. The number of ether oxygens (including phenoxy) is 2. The van der Waals surface area contributed by atoms with Crippen molar-refractivity contribution in [3.05, 3.63) is 85.1 Å². The molecule has 0 heterocycles. The maximum atomic E-state index is 12.4. The molecule has 0 fully saturated rings. The summed E-state index contributed by atoms with van der Waals surface area (Å²) in [6, 6.07) is 0. The Kier molecular flexibility index (Phi) is 35.9. The van der Waals surface area contributed by atoms with E-state index in [0.717, 1.165) is 64.9 Å². The van der Waals surface area contributed by atoms with Gasteiger partial charge in [-0.2, -0.15) is 0 Å². The molecule has 0 aromatic heterocycles. The number of hydrogen-bond donors (Lipinski definition) is 1. The van der Waals surface area contributed by atoms with E-state index >= 15 is 0 Å². The first kappa shape index (κ1) is 49.2. The maximum absolute atomic E-state index is 12.4. The van der Waals surface area contributed by atoms with Gasteiger partial charge in [0.05, 0.1) is 13.0 Å². The Balaban J connectivity index is 4.18. The molecule has 0 saturated heterocycles. The lowest BCUT2D eigenvalue weighted by Gasteiger charge is -2.19. The van der Waals surface area contributed by atoms with E-state index in [9.17, 15) is 19.0 Å². The van der Waals surface area contributed by atoms with Crippen molar-refractivity contribution in [1.29, 1.82) is 0 Å². The lowest BCUT2D eigenvalue weighted by atomic mass is 10.1. The van der Waals surface area contributed by atoms with Gasteiger partial charge in [0, 0.05) is 13.5 Å². The van der Waals surface area contributed by atoms with Crippen LogP contribution in [0.2, 0.25) is 0 Å². The third-order valence-corrected chi connectivity index (χ3v) is 8.84. The minimum Gasteiger partial charge on any atom is -0.462 e. The van der Waals surface area contributed by atoms with Crippen molar-refractivity contribution in [2.45, 2.75) is 155 Å². The van der Waals surface area contributed by atoms with Crippen LogP contribution in [0, 0.1) is 0 Å². The summed E-state index contributed by atoms with van der Waals surface area (Å²) in [5.41, 5.74) is 0. The Bertz CT molecular complexity index is 1120. The minimum atomic E-state index is -4.29. The van der Waals surface area contributed by atoms with E-state index in [1.165, 1.54) is 51.4 Å². The highest BCUT2D eigenvalue weighted by atomic mass is 31.2. The summed E-state index contributed by atoms with van der Waals surface area (Å²) in [4.78, 5) is 34.3. The van der Waals surface area contributed by atoms with Crippen molar-refractivity contribution >= 4 is 19.8 Å². The lowest BCUT2D eigenvalue weighted by Crippen LogP contribution is -2.29. The van der Waals surface area contributed by atoms with Gasteiger partial charge < -0.3 is 14.4 Å². The van der Waals surface area contributed by atoms with Gasteiger partial charge >= 0.3 is 19.8 Å². The molecular weight excluding hydrogens is 675 g/mol. The van der Waals surface area contributed by atoms with Gasteiger partial charge in [0.1, 0.15) is 6.61 Å². The first-order valence-corrected chi connectivity index (χ1v) is 21.3. The molecule has 2 atom stereocenters. The van der Waals surface area contributed by atoms with Crippen LogP contribution in [0.5, 0.6) is 0 Å². The van der Waals surface area contributed by atoms with E-state index in [0.29, 0.717) is 12.8 Å². The number of carbonyl (C=O) groups is 2. The fourth-order valence-electron chi connectivity index (χ4n) is 4.88. The summed E-state index contributed by atoms with van der Waals surface area (Å²) >= 11 is 0. The molecule has 0 radical (unpaired) electrons. The maximum Gasteiger partial charge on any atom is 0.472 e. The number of unbranched alkanes of at least 4 members (excludes halogenated alkanes) is 11. The quantitative estimate of drug-likeness (QED) is 0.0295. The van der Waals surface area contributed by atoms with Gasteiger partial charge in [0.15, 0.2) is 6.10 Å². The van der Waals surface area contributed by atoms with Gasteiger partial charge in [-0.1, -0.05) is 150 Å². The fourth-order valence-corrected chi connectivity index (χ4v) is 5.34. The number of esters is 2. The Morgan fingerprint density at radius 2 is 1.04 bits per heavy atom. The molecule has 1 N–H and O–H groups in total. The third kappa shape index (κ3) is 37.0. The summed E-state index contributed by atoms with van der Waals surface area (Å²) in [6.45, 7) is 3.65. The summed E-state index contributed by atoms with van der Waals surface area (Å²) < 4.78 is 31.8. The standard InChI is InChI=1S/C43H71O8P/c1-4-6-8-10-12-14-16-18-20-21-22-24-25-27-29-31-33-35-37-42(44)49-39-41(40-50-52(46,47)48-3)51-43(45)38-36-34-32-30-28-26-23-19-17-15-13-11-9-7-5-2/h7,9,13-16,19-21,23,28,30,34,36,41H,4-6,8,10-12,17-18,22,24-27,29,31-33,35,37-40H2,1-3H3,(H,46,47)/b9-7-,15-13-,16-14-,21-20-,23-19-,30-28-,36-34-. The number of rotatable bonds is 35. The normalized spacial score (nSPS) is 14.3. The van der Waals surface area contributed by atoms with Crippen LogP contribution in [0.3, 0.4) is 0 Å². The molecule has 296 valence electrons. The summed E-state index contributed by atoms with van der Waals surface area (Å²) in [5.74, 6) is -0.969. The SMILES string of the molecule is CC/C=C\C/C=C\C/C=C\C/C=C\C/C=C\CC(=O)OC(COC(=O)CCCCCCCCC/C=C\C/C=C\CCCCCC)COP(=O)(O)OC. The molecule has 2 unspecified atom stereocenters. The highest BCUT2D eigenvalue weighted by Crippen LogP contribution is 2.42. The zero-order valence-electron chi connectivity index (χ0n) is 32.7. The Morgan fingerprint density at radius 1 is 0.577 bits per heavy atom. The third-order valence-electron chi connectivity index (χ3n) is 7.91. The summed E-state index contributed by atoms with van der Waals surface area (Å²) in [5, 5.41) is 0. The van der Waals surface area contributed by atoms with Crippen molar-refractivity contribution in [3.63, 3.8) is 0 Å². The van der Waals surface area contributed by atoms with Crippen LogP contribution in [-0.4, -0.2) is 43.3 Å². The molecule has 0 saturated carbocycles. The molecule has 0 aromatic carbocycles. The number of hydrogen-bond acceptors (Lipinski definition) is 7. The molecule has 0 rings (SSSR count). The van der Waals surface area contributed by atoms with Crippen LogP contribution >= 0.6 is 7.82 Å². The Morgan fingerprint density at radius 3 is 1.56 bits per heavy atom. The van der Waals surface area contributed by atoms with Crippen LogP contribution in [0.25, 0.3) is 0 Å². The molecule has 0 aromatic rings. The van der Waals surface area contributed by atoms with Crippen LogP contribution < -0.4 is 0 Å². The van der Waals surface area contributed by atoms with E-state index in [2.05, 4.69) is 85.2 Å². The predicted octanol–water partition coefficient (Wildman–Crippen LogP) is 12.3. The molecule has 52 heavy (non-hydrogen) atoms. The number of allylic oxidation sites excluding steroid dienone is 13. The number of carbonyl (C=O) groups excluding carboxylic acids is 2. The molecule has 0 spiro atoms. The smallest absolute Gasteiger partial charge is 0.462 e. The first-order valence-electron chi connectivity index (χ1n) is 19.8. The fraction of sp³-hybridized carbons (Fsp3) is 0.628.